The lowest BCUT2D eigenvalue weighted by atomic mass is 10.0. The third kappa shape index (κ3) is 2.02. The molecule has 2 aromatic rings. The predicted molar refractivity (Wildman–Crippen MR) is 71.4 cm³/mol. The maximum Gasteiger partial charge on any atom is 0.136 e. The molecule has 1 N–H and O–H groups in total. The summed E-state index contributed by atoms with van der Waals surface area (Å²) in [5, 5.41) is 3.13. The van der Waals surface area contributed by atoms with Gasteiger partial charge in [-0.2, -0.15) is 0 Å². The molecule has 1 aromatic heterocycles. The largest absolute Gasteiger partial charge is 0.314 e. The Labute approximate surface area is 107 Å². The summed E-state index contributed by atoms with van der Waals surface area (Å²) in [5.74, 6) is 1.34. The van der Waals surface area contributed by atoms with Crippen molar-refractivity contribution in [1.82, 2.24) is 15.3 Å². The van der Waals surface area contributed by atoms with Gasteiger partial charge in [-0.15, -0.1) is 0 Å². The highest BCUT2D eigenvalue weighted by atomic mass is 14.9. The second-order valence-electron chi connectivity index (χ2n) is 4.73. The van der Waals surface area contributed by atoms with E-state index >= 15 is 0 Å². The first kappa shape index (κ1) is 11.4. The van der Waals surface area contributed by atoms with Crippen LogP contribution in [0, 0.1) is 0 Å². The van der Waals surface area contributed by atoms with Gasteiger partial charge in [-0.3, -0.25) is 0 Å². The van der Waals surface area contributed by atoms with E-state index in [0.29, 0.717) is 5.92 Å². The van der Waals surface area contributed by atoms with E-state index in [0.717, 1.165) is 30.9 Å². The van der Waals surface area contributed by atoms with Crippen LogP contribution >= 0.6 is 0 Å². The second-order valence-corrected chi connectivity index (χ2v) is 4.73. The summed E-state index contributed by atoms with van der Waals surface area (Å²) in [7, 11) is 1.94. The molecule has 1 heterocycles. The molecular formula is C15H17N3. The van der Waals surface area contributed by atoms with Gasteiger partial charge in [-0.25, -0.2) is 9.97 Å². The van der Waals surface area contributed by atoms with E-state index in [1.807, 2.05) is 19.3 Å². The third-order valence-corrected chi connectivity index (χ3v) is 3.53. The fraction of sp³-hybridized carbons (Fsp3) is 0.333. The minimum atomic E-state index is 0.373. The monoisotopic (exact) mass is 239 g/mol. The normalized spacial score (nSPS) is 17.7. The lowest BCUT2D eigenvalue weighted by Gasteiger charge is -2.11. The molecule has 3 nitrogen and oxygen atoms in total. The van der Waals surface area contributed by atoms with Crippen molar-refractivity contribution in [1.29, 1.82) is 0 Å². The van der Waals surface area contributed by atoms with Crippen LogP contribution in [0.2, 0.25) is 0 Å². The van der Waals surface area contributed by atoms with Crippen molar-refractivity contribution < 1.29 is 0 Å². The average Bonchev–Trinajstić information content (AvgIpc) is 2.83. The van der Waals surface area contributed by atoms with E-state index in [-0.39, 0.29) is 0 Å². The summed E-state index contributed by atoms with van der Waals surface area (Å²) >= 11 is 0. The fourth-order valence-corrected chi connectivity index (χ4v) is 2.69. The first-order chi connectivity index (χ1) is 8.88. The Balaban J connectivity index is 1.94. The molecular weight excluding hydrogens is 222 g/mol. The number of hydrogen-bond acceptors (Lipinski definition) is 3. The highest BCUT2D eigenvalue weighted by molar-refractivity contribution is 5.38. The smallest absolute Gasteiger partial charge is 0.136 e. The van der Waals surface area contributed by atoms with E-state index in [2.05, 4.69) is 39.6 Å². The molecule has 1 aliphatic rings. The minimum absolute atomic E-state index is 0.373. The van der Waals surface area contributed by atoms with Crippen LogP contribution in [0.1, 0.15) is 35.0 Å². The van der Waals surface area contributed by atoms with Gasteiger partial charge in [-0.1, -0.05) is 24.3 Å². The molecule has 0 aliphatic heterocycles. The zero-order chi connectivity index (χ0) is 12.4. The van der Waals surface area contributed by atoms with Gasteiger partial charge in [0.25, 0.3) is 0 Å². The molecule has 0 saturated carbocycles. The molecule has 1 aromatic carbocycles. The Morgan fingerprint density at radius 1 is 1.28 bits per heavy atom. The summed E-state index contributed by atoms with van der Waals surface area (Å²) in [6.45, 7) is 0.796. The molecule has 0 saturated heterocycles. The van der Waals surface area contributed by atoms with Crippen LogP contribution in [0.15, 0.2) is 36.5 Å². The average molecular weight is 239 g/mol. The Morgan fingerprint density at radius 2 is 2.17 bits per heavy atom. The molecule has 18 heavy (non-hydrogen) atoms. The van der Waals surface area contributed by atoms with Crippen LogP contribution in [0.25, 0.3) is 0 Å². The third-order valence-electron chi connectivity index (χ3n) is 3.53. The number of fused-ring (bicyclic) bond motifs is 1. The number of nitrogens with one attached hydrogen (secondary N) is 1. The van der Waals surface area contributed by atoms with Gasteiger partial charge in [0, 0.05) is 18.7 Å². The quantitative estimate of drug-likeness (QED) is 0.893. The van der Waals surface area contributed by atoms with Gasteiger partial charge >= 0.3 is 0 Å². The van der Waals surface area contributed by atoms with Crippen LogP contribution in [0.3, 0.4) is 0 Å². The number of aryl methyl sites for hydroxylation is 1. The van der Waals surface area contributed by atoms with Crippen molar-refractivity contribution in [2.75, 3.05) is 7.05 Å². The Bertz CT molecular complexity index is 551. The fourth-order valence-electron chi connectivity index (χ4n) is 2.69. The maximum absolute atomic E-state index is 4.67. The van der Waals surface area contributed by atoms with Gasteiger partial charge in [0.15, 0.2) is 0 Å². The number of rotatable bonds is 3. The van der Waals surface area contributed by atoms with Gasteiger partial charge in [0.1, 0.15) is 5.82 Å². The summed E-state index contributed by atoms with van der Waals surface area (Å²) < 4.78 is 0. The van der Waals surface area contributed by atoms with Crippen molar-refractivity contribution in [3.8, 4) is 0 Å². The summed E-state index contributed by atoms with van der Waals surface area (Å²) in [6.07, 6.45) is 4.14. The van der Waals surface area contributed by atoms with E-state index in [1.54, 1.807) is 0 Å². The predicted octanol–water partition coefficient (Wildman–Crippen LogP) is 2.27. The molecule has 0 fully saturated rings. The van der Waals surface area contributed by atoms with Crippen molar-refractivity contribution >= 4 is 0 Å². The molecule has 0 amide bonds. The minimum Gasteiger partial charge on any atom is -0.314 e. The van der Waals surface area contributed by atoms with Gasteiger partial charge < -0.3 is 5.32 Å². The summed E-state index contributed by atoms with van der Waals surface area (Å²) in [6, 6.07) is 10.6. The zero-order valence-corrected chi connectivity index (χ0v) is 10.6. The number of hydrogen-bond donors (Lipinski definition) is 1. The number of nitrogens with zero attached hydrogens (tertiary/aromatic N) is 2. The molecule has 0 bridgehead atoms. The summed E-state index contributed by atoms with van der Waals surface area (Å²) in [5.41, 5.74) is 3.91. The van der Waals surface area contributed by atoms with Gasteiger partial charge in [0.2, 0.25) is 0 Å². The number of benzene rings is 1. The molecule has 92 valence electrons. The Morgan fingerprint density at radius 3 is 3.06 bits per heavy atom. The van der Waals surface area contributed by atoms with Gasteiger partial charge in [-0.05, 0) is 37.1 Å². The van der Waals surface area contributed by atoms with E-state index in [1.165, 1.54) is 11.1 Å². The molecule has 3 heteroatoms. The SMILES string of the molecule is CNCc1ccnc(C2CCc3ccccc32)n1. The second kappa shape index (κ2) is 4.86. The zero-order valence-electron chi connectivity index (χ0n) is 10.6. The highest BCUT2D eigenvalue weighted by Gasteiger charge is 2.25. The van der Waals surface area contributed by atoms with Crippen LogP contribution < -0.4 is 5.32 Å². The first-order valence-electron chi connectivity index (χ1n) is 6.42. The standard InChI is InChI=1S/C15H17N3/c1-16-10-12-8-9-17-15(18-12)14-7-6-11-4-2-3-5-13(11)14/h2-5,8-9,14,16H,6-7,10H2,1H3. The molecule has 0 spiro atoms. The first-order valence-corrected chi connectivity index (χ1v) is 6.42. The highest BCUT2D eigenvalue weighted by Crippen LogP contribution is 2.36. The van der Waals surface area contributed by atoms with Gasteiger partial charge in [0.05, 0.1) is 5.69 Å². The molecule has 0 radical (unpaired) electrons. The van der Waals surface area contributed by atoms with E-state index < -0.39 is 0 Å². The van der Waals surface area contributed by atoms with Crippen molar-refractivity contribution in [3.63, 3.8) is 0 Å². The maximum atomic E-state index is 4.67. The molecule has 1 atom stereocenters. The van der Waals surface area contributed by atoms with E-state index in [9.17, 15) is 0 Å². The van der Waals surface area contributed by atoms with Crippen LogP contribution in [0.5, 0.6) is 0 Å². The molecule has 1 aliphatic carbocycles. The van der Waals surface area contributed by atoms with E-state index in [4.69, 9.17) is 0 Å². The Kier molecular flexibility index (Phi) is 3.07. The lowest BCUT2D eigenvalue weighted by molar-refractivity contribution is 0.703. The summed E-state index contributed by atoms with van der Waals surface area (Å²) in [4.78, 5) is 9.13. The van der Waals surface area contributed by atoms with Crippen molar-refractivity contribution in [3.05, 3.63) is 59.2 Å². The van der Waals surface area contributed by atoms with Crippen LogP contribution in [-0.4, -0.2) is 17.0 Å². The lowest BCUT2D eigenvalue weighted by Crippen LogP contribution is -2.10. The Hall–Kier alpha value is -1.74. The topological polar surface area (TPSA) is 37.8 Å². The molecule has 3 rings (SSSR count). The van der Waals surface area contributed by atoms with Crippen LogP contribution in [0.4, 0.5) is 0 Å². The van der Waals surface area contributed by atoms with Crippen molar-refractivity contribution in [2.45, 2.75) is 25.3 Å². The molecule has 1 unspecified atom stereocenters. The van der Waals surface area contributed by atoms with Crippen molar-refractivity contribution in [2.24, 2.45) is 0 Å². The van der Waals surface area contributed by atoms with Crippen LogP contribution in [-0.2, 0) is 13.0 Å². The number of aromatic nitrogens is 2.